The number of hydrogen-bond donors (Lipinski definition) is 1. The molecule has 4 aromatic rings. The minimum absolute atomic E-state index is 0.0468. The number of nitrogens with zero attached hydrogens (tertiary/aromatic N) is 6. The average Bonchev–Trinajstić information content (AvgIpc) is 3.50. The Kier molecular flexibility index (Phi) is 7.39. The molecule has 218 valence electrons. The second-order valence-electron chi connectivity index (χ2n) is 12.0. The molecule has 41 heavy (non-hydrogen) atoms. The standard InChI is InChI=1S/C30H38FN7O3/c1-8-37-16-22-24(35-11-12-38(25(17-35)18(2)3)29(40)41-30(5,6)7)10-9-21(26(22)34-37)28(39)33-20-13-23(31)27-32-19(4)14-36(27)15-20/h9-10,13-16,18,25H,8,11-12,17H2,1-7H3,(H,33,39)/t25-/m1/s1. The summed E-state index contributed by atoms with van der Waals surface area (Å²) in [6.07, 6.45) is 5.00. The molecular weight excluding hydrogens is 525 g/mol. The van der Waals surface area contributed by atoms with E-state index in [2.05, 4.69) is 29.0 Å². The van der Waals surface area contributed by atoms with Crippen LogP contribution in [-0.4, -0.2) is 67.3 Å². The average molecular weight is 564 g/mol. The van der Waals surface area contributed by atoms with Crippen molar-refractivity contribution in [3.8, 4) is 0 Å². The van der Waals surface area contributed by atoms with E-state index >= 15 is 0 Å². The first kappa shape index (κ1) is 28.4. The minimum Gasteiger partial charge on any atom is -0.444 e. The quantitative estimate of drug-likeness (QED) is 0.345. The number of ether oxygens (including phenoxy) is 1. The number of amides is 2. The van der Waals surface area contributed by atoms with E-state index in [1.54, 1.807) is 29.8 Å². The molecule has 0 saturated carbocycles. The monoisotopic (exact) mass is 563 g/mol. The highest BCUT2D eigenvalue weighted by atomic mass is 19.1. The van der Waals surface area contributed by atoms with Gasteiger partial charge in [0.25, 0.3) is 5.91 Å². The Bertz CT molecular complexity index is 1620. The van der Waals surface area contributed by atoms with Crippen molar-refractivity contribution >= 4 is 39.9 Å². The molecule has 4 heterocycles. The van der Waals surface area contributed by atoms with Crippen LogP contribution in [0, 0.1) is 18.7 Å². The molecule has 0 bridgehead atoms. The van der Waals surface area contributed by atoms with E-state index in [-0.39, 0.29) is 29.6 Å². The smallest absolute Gasteiger partial charge is 0.410 e. The molecule has 1 N–H and O–H groups in total. The van der Waals surface area contributed by atoms with Crippen molar-refractivity contribution in [1.82, 2.24) is 24.1 Å². The van der Waals surface area contributed by atoms with Crippen LogP contribution in [0.15, 0.2) is 36.8 Å². The summed E-state index contributed by atoms with van der Waals surface area (Å²) in [5.41, 5.74) is 2.56. The lowest BCUT2D eigenvalue weighted by molar-refractivity contribution is 0.00884. The molecule has 1 aliphatic rings. The zero-order chi connectivity index (χ0) is 29.6. The molecule has 5 rings (SSSR count). The zero-order valence-electron chi connectivity index (χ0n) is 24.7. The number of aryl methyl sites for hydroxylation is 2. The van der Waals surface area contributed by atoms with Crippen LogP contribution in [0.3, 0.4) is 0 Å². The number of anilines is 2. The van der Waals surface area contributed by atoms with Crippen LogP contribution in [0.2, 0.25) is 0 Å². The number of fused-ring (bicyclic) bond motifs is 2. The van der Waals surface area contributed by atoms with E-state index in [1.807, 2.05) is 49.5 Å². The molecule has 1 aliphatic heterocycles. The normalized spacial score (nSPS) is 16.2. The molecule has 0 aliphatic carbocycles. The Morgan fingerprint density at radius 3 is 2.61 bits per heavy atom. The lowest BCUT2D eigenvalue weighted by Gasteiger charge is -2.44. The van der Waals surface area contributed by atoms with Crippen molar-refractivity contribution in [3.05, 3.63) is 53.9 Å². The third-order valence-electron chi connectivity index (χ3n) is 7.31. The van der Waals surface area contributed by atoms with Gasteiger partial charge in [-0.2, -0.15) is 5.10 Å². The molecule has 10 nitrogen and oxygen atoms in total. The Morgan fingerprint density at radius 1 is 1.17 bits per heavy atom. The number of imidazole rings is 1. The SMILES string of the molecule is CCn1cc2c(N3CCN(C(=O)OC(C)(C)C)[C@@H](C(C)C)C3)ccc(C(=O)Nc3cc(F)c4nc(C)cn4c3)c2n1. The first-order valence-corrected chi connectivity index (χ1v) is 14.1. The summed E-state index contributed by atoms with van der Waals surface area (Å²) in [7, 11) is 0. The summed E-state index contributed by atoms with van der Waals surface area (Å²) in [6, 6.07) is 4.92. The van der Waals surface area contributed by atoms with Crippen LogP contribution in [-0.2, 0) is 11.3 Å². The molecule has 1 saturated heterocycles. The van der Waals surface area contributed by atoms with E-state index in [4.69, 9.17) is 9.84 Å². The van der Waals surface area contributed by atoms with Crippen molar-refractivity contribution < 1.29 is 18.7 Å². The van der Waals surface area contributed by atoms with Crippen molar-refractivity contribution in [2.45, 2.75) is 66.7 Å². The number of benzene rings is 1. The Morgan fingerprint density at radius 2 is 1.93 bits per heavy atom. The predicted molar refractivity (Wildman–Crippen MR) is 157 cm³/mol. The number of piperazine rings is 1. The molecule has 1 atom stereocenters. The second-order valence-corrected chi connectivity index (χ2v) is 12.0. The minimum atomic E-state index is -0.567. The Balaban J connectivity index is 1.44. The second kappa shape index (κ2) is 10.7. The van der Waals surface area contributed by atoms with Crippen LogP contribution >= 0.6 is 0 Å². The third-order valence-corrected chi connectivity index (χ3v) is 7.31. The molecule has 1 fully saturated rings. The van der Waals surface area contributed by atoms with Gasteiger partial charge in [0.15, 0.2) is 11.5 Å². The summed E-state index contributed by atoms with van der Waals surface area (Å²) in [5, 5.41) is 8.39. The van der Waals surface area contributed by atoms with Gasteiger partial charge in [-0.05, 0) is 52.7 Å². The molecular formula is C30H38FN7O3. The van der Waals surface area contributed by atoms with Crippen LogP contribution in [0.4, 0.5) is 20.6 Å². The number of hydrogen-bond acceptors (Lipinski definition) is 6. The van der Waals surface area contributed by atoms with E-state index in [0.717, 1.165) is 11.1 Å². The van der Waals surface area contributed by atoms with Gasteiger partial charge in [0, 0.05) is 61.9 Å². The maximum Gasteiger partial charge on any atom is 0.410 e. The fraction of sp³-hybridized carbons (Fsp3) is 0.467. The molecule has 3 aromatic heterocycles. The summed E-state index contributed by atoms with van der Waals surface area (Å²) in [4.78, 5) is 34.7. The van der Waals surface area contributed by atoms with Crippen LogP contribution in [0.1, 0.15) is 57.6 Å². The summed E-state index contributed by atoms with van der Waals surface area (Å²) >= 11 is 0. The molecule has 0 unspecified atom stereocenters. The van der Waals surface area contributed by atoms with E-state index in [1.165, 1.54) is 6.07 Å². The van der Waals surface area contributed by atoms with Crippen LogP contribution in [0.5, 0.6) is 0 Å². The van der Waals surface area contributed by atoms with Gasteiger partial charge in [0.1, 0.15) is 11.1 Å². The first-order chi connectivity index (χ1) is 19.3. The van der Waals surface area contributed by atoms with Gasteiger partial charge in [-0.25, -0.2) is 14.2 Å². The van der Waals surface area contributed by atoms with Crippen LogP contribution < -0.4 is 10.2 Å². The number of rotatable bonds is 5. The fourth-order valence-corrected chi connectivity index (χ4v) is 5.35. The van der Waals surface area contributed by atoms with E-state index in [9.17, 15) is 14.0 Å². The topological polar surface area (TPSA) is 97.0 Å². The maximum absolute atomic E-state index is 14.6. The lowest BCUT2D eigenvalue weighted by Crippen LogP contribution is -2.58. The number of carbonyl (C=O) groups excluding carboxylic acids is 2. The zero-order valence-corrected chi connectivity index (χ0v) is 24.7. The van der Waals surface area contributed by atoms with Gasteiger partial charge in [-0.3, -0.25) is 9.48 Å². The third kappa shape index (κ3) is 5.71. The molecule has 0 spiro atoms. The van der Waals surface area contributed by atoms with Gasteiger partial charge in [-0.1, -0.05) is 13.8 Å². The van der Waals surface area contributed by atoms with Gasteiger partial charge in [-0.15, -0.1) is 0 Å². The Labute approximate surface area is 239 Å². The summed E-state index contributed by atoms with van der Waals surface area (Å²) in [6.45, 7) is 16.0. The van der Waals surface area contributed by atoms with Gasteiger partial charge >= 0.3 is 6.09 Å². The molecule has 1 aromatic carbocycles. The van der Waals surface area contributed by atoms with Crippen molar-refractivity contribution in [2.75, 3.05) is 29.9 Å². The number of aromatic nitrogens is 4. The lowest BCUT2D eigenvalue weighted by atomic mass is 9.98. The van der Waals surface area contributed by atoms with Crippen LogP contribution in [0.25, 0.3) is 16.6 Å². The van der Waals surface area contributed by atoms with Crippen molar-refractivity contribution in [2.24, 2.45) is 5.92 Å². The fourth-order valence-electron chi connectivity index (χ4n) is 5.35. The molecule has 2 amide bonds. The number of pyridine rings is 1. The van der Waals surface area contributed by atoms with E-state index in [0.29, 0.717) is 48.6 Å². The number of halogens is 1. The van der Waals surface area contributed by atoms with Gasteiger partial charge in [0.2, 0.25) is 0 Å². The number of nitrogens with one attached hydrogen (secondary N) is 1. The molecule has 0 radical (unpaired) electrons. The highest BCUT2D eigenvalue weighted by Crippen LogP contribution is 2.32. The van der Waals surface area contributed by atoms with Crippen molar-refractivity contribution in [3.63, 3.8) is 0 Å². The maximum atomic E-state index is 14.6. The summed E-state index contributed by atoms with van der Waals surface area (Å²) < 4.78 is 23.7. The molecule has 11 heteroatoms. The largest absolute Gasteiger partial charge is 0.444 e. The van der Waals surface area contributed by atoms with Gasteiger partial charge < -0.3 is 24.3 Å². The highest BCUT2D eigenvalue weighted by Gasteiger charge is 2.36. The Hall–Kier alpha value is -4.15. The summed E-state index contributed by atoms with van der Waals surface area (Å²) in [5.74, 6) is -0.688. The number of carbonyl (C=O) groups is 2. The predicted octanol–water partition coefficient (Wildman–Crippen LogP) is 5.49. The van der Waals surface area contributed by atoms with E-state index < -0.39 is 11.4 Å². The highest BCUT2D eigenvalue weighted by molar-refractivity contribution is 6.14. The van der Waals surface area contributed by atoms with Gasteiger partial charge in [0.05, 0.1) is 23.0 Å². The van der Waals surface area contributed by atoms with Crippen molar-refractivity contribution in [1.29, 1.82) is 0 Å². The first-order valence-electron chi connectivity index (χ1n) is 14.1.